The van der Waals surface area contributed by atoms with Crippen molar-refractivity contribution >= 4 is 27.9 Å². The minimum atomic E-state index is -9.40. The van der Waals surface area contributed by atoms with Crippen LogP contribution in [0.2, 0.25) is 0 Å². The van der Waals surface area contributed by atoms with Crippen molar-refractivity contribution in [1.29, 1.82) is 0 Å². The van der Waals surface area contributed by atoms with Crippen molar-refractivity contribution in [2.75, 3.05) is 13.1 Å². The third-order valence-corrected chi connectivity index (χ3v) is 13.9. The van der Waals surface area contributed by atoms with Crippen LogP contribution in [0.3, 0.4) is 0 Å². The van der Waals surface area contributed by atoms with Crippen LogP contribution in [0.25, 0.3) is 0 Å². The summed E-state index contributed by atoms with van der Waals surface area (Å²) in [5, 5.41) is -16.9. The highest BCUT2D eigenvalue weighted by molar-refractivity contribution is 7.90. The highest BCUT2D eigenvalue weighted by Crippen LogP contribution is 2.67. The Balaban J connectivity index is 7.29. The third-order valence-electron chi connectivity index (χ3n) is 8.65. The zero-order valence-electron chi connectivity index (χ0n) is 32.8. The zero-order chi connectivity index (χ0) is 58.6. The number of rotatable bonds is 24. The largest absolute Gasteiger partial charge is 0.756 e. The SMILES string of the molecule is CCN(C(C)OP(=O)([O-])OC(C)N(CC)S(=O)(=O)C(F)(F)C(F)(F)C(F)(F)C(F)(F)C(F)(F)C(F)(F)C(F)(F)C(F)(F)F)S(=O)(=O)C(F)(F)C(F)(F)C(F)(F)C(F)(F)C(F)(F)C(F)(F)C(F)(F)C(F)(F)F. The summed E-state index contributed by atoms with van der Waals surface area (Å²) in [6.07, 6.45) is -24.4. The molecular weight excluding hydrogens is 1190 g/mol. The van der Waals surface area contributed by atoms with E-state index in [2.05, 4.69) is 9.05 Å². The highest BCUT2D eigenvalue weighted by atomic mass is 32.2. The maximum atomic E-state index is 14.8. The molecule has 2 atom stereocenters. The first-order valence-electron chi connectivity index (χ1n) is 16.3. The van der Waals surface area contributed by atoms with Gasteiger partial charge in [0.1, 0.15) is 12.5 Å². The lowest BCUT2D eigenvalue weighted by atomic mass is 9.91. The van der Waals surface area contributed by atoms with Crippen LogP contribution >= 0.6 is 7.82 Å². The molecule has 0 aromatic carbocycles. The molecule has 71 heavy (non-hydrogen) atoms. The molecule has 47 heteroatoms. The van der Waals surface area contributed by atoms with Crippen LogP contribution in [0, 0.1) is 0 Å². The molecule has 0 bridgehead atoms. The highest BCUT2D eigenvalue weighted by Gasteiger charge is 2.98. The average molecular weight is 1200 g/mol. The summed E-state index contributed by atoms with van der Waals surface area (Å²) in [5.41, 5.74) is 0. The second-order valence-corrected chi connectivity index (χ2v) is 18.4. The van der Waals surface area contributed by atoms with Crippen LogP contribution in [-0.4, -0.2) is 145 Å². The lowest BCUT2D eigenvalue weighted by Crippen LogP contribution is -2.75. The number of hydrogen-bond acceptors (Lipinski definition) is 8. The zero-order valence-corrected chi connectivity index (χ0v) is 35.4. The second kappa shape index (κ2) is 18.4. The van der Waals surface area contributed by atoms with E-state index in [9.17, 15) is 176 Å². The molecule has 0 aromatic rings. The van der Waals surface area contributed by atoms with E-state index in [-0.39, 0.29) is 13.8 Å². The van der Waals surface area contributed by atoms with Gasteiger partial charge in [0.25, 0.3) is 27.9 Å². The lowest BCUT2D eigenvalue weighted by molar-refractivity contribution is -0.458. The summed E-state index contributed by atoms with van der Waals surface area (Å²) >= 11 is 0. The maximum Gasteiger partial charge on any atom is 0.460 e. The van der Waals surface area contributed by atoms with Crippen LogP contribution in [0.4, 0.5) is 149 Å². The Morgan fingerprint density at radius 2 is 0.521 bits per heavy atom. The van der Waals surface area contributed by atoms with Gasteiger partial charge in [-0.2, -0.15) is 158 Å². The van der Waals surface area contributed by atoms with E-state index in [0.29, 0.717) is 0 Å². The fourth-order valence-electron chi connectivity index (χ4n) is 4.67. The molecule has 0 radical (unpaired) electrons. The minimum Gasteiger partial charge on any atom is -0.756 e. The van der Waals surface area contributed by atoms with Gasteiger partial charge in [0.15, 0.2) is 0 Å². The van der Waals surface area contributed by atoms with Gasteiger partial charge in [-0.05, 0) is 13.8 Å². The van der Waals surface area contributed by atoms with E-state index in [1.54, 1.807) is 0 Å². The molecule has 0 aliphatic rings. The quantitative estimate of drug-likeness (QED) is 0.0530. The molecule has 10 nitrogen and oxygen atoms in total. The van der Waals surface area contributed by atoms with Crippen molar-refractivity contribution in [1.82, 2.24) is 8.61 Å². The van der Waals surface area contributed by atoms with E-state index >= 15 is 0 Å². The summed E-state index contributed by atoms with van der Waals surface area (Å²) < 4.78 is 530. The molecule has 0 saturated carbocycles. The number of nitrogens with zero attached hydrogens (tertiary/aromatic N) is 2. The summed E-state index contributed by atoms with van der Waals surface area (Å²) in [6.45, 7) is -5.98. The molecule has 428 valence electrons. The molecule has 0 aliphatic carbocycles. The lowest BCUT2D eigenvalue weighted by Gasteiger charge is -2.43. The molecule has 0 aliphatic heterocycles. The number of phosphoric acid groups is 1. The molecule has 0 saturated heterocycles. The molecule has 0 fully saturated rings. The van der Waals surface area contributed by atoms with Crippen molar-refractivity contribution in [3.8, 4) is 0 Å². The van der Waals surface area contributed by atoms with Gasteiger partial charge in [-0.15, -0.1) is 0 Å². The predicted molar refractivity (Wildman–Crippen MR) is 153 cm³/mol. The first kappa shape index (κ1) is 68.6. The van der Waals surface area contributed by atoms with E-state index in [0.717, 1.165) is 0 Å². The van der Waals surface area contributed by atoms with Gasteiger partial charge in [-0.3, -0.25) is 13.6 Å². The van der Waals surface area contributed by atoms with Crippen molar-refractivity contribution < 1.29 is 185 Å². The Morgan fingerprint density at radius 1 is 0.366 bits per heavy atom. The molecule has 0 rings (SSSR count). The molecule has 0 amide bonds. The third kappa shape index (κ3) is 9.42. The van der Waals surface area contributed by atoms with E-state index < -0.39 is 170 Å². The molecule has 0 spiro atoms. The molecule has 0 aromatic heterocycles. The molecule has 2 unspecified atom stereocenters. The topological polar surface area (TPSA) is 133 Å². The van der Waals surface area contributed by atoms with Gasteiger partial charge in [-0.1, -0.05) is 13.8 Å². The molecule has 0 N–H and O–H groups in total. The van der Waals surface area contributed by atoms with Gasteiger partial charge in [0.2, 0.25) is 0 Å². The Kier molecular flexibility index (Phi) is 17.8. The summed E-state index contributed by atoms with van der Waals surface area (Å²) in [7, 11) is -24.5. The molecule has 0 heterocycles. The van der Waals surface area contributed by atoms with Crippen LogP contribution in [-0.2, 0) is 33.7 Å². The van der Waals surface area contributed by atoms with Crippen LogP contribution in [0.15, 0.2) is 0 Å². The molecular formula is C24H18F34N2O8PS2-. The van der Waals surface area contributed by atoms with Gasteiger partial charge in [-0.25, -0.2) is 16.8 Å². The number of hydrogen-bond donors (Lipinski definition) is 0. The predicted octanol–water partition coefficient (Wildman–Crippen LogP) is 10.4. The van der Waals surface area contributed by atoms with E-state index in [1.165, 1.54) is 0 Å². The summed E-state index contributed by atoms with van der Waals surface area (Å²) in [4.78, 5) is 12.4. The minimum absolute atomic E-state index is 0.114. The monoisotopic (exact) mass is 1200 g/mol. The van der Waals surface area contributed by atoms with Crippen LogP contribution in [0.1, 0.15) is 27.7 Å². The fourth-order valence-corrected chi connectivity index (χ4v) is 8.86. The van der Waals surface area contributed by atoms with Gasteiger partial charge in [0, 0.05) is 13.1 Å². The van der Waals surface area contributed by atoms with Crippen LogP contribution in [0.5, 0.6) is 0 Å². The first-order valence-corrected chi connectivity index (χ1v) is 20.6. The van der Waals surface area contributed by atoms with Crippen molar-refractivity contribution in [3.63, 3.8) is 0 Å². The normalized spacial score (nSPS) is 18.3. The standard InChI is InChI=1S/C24H19F34N2O8PS2/c1-5-59(70(63,64)23(55,56)19(45,46)15(37,38)11(29,30)9(25,26)13(33,34)17(41,42)21(49,50)51)7(3)67-69(61,62)68-8(4)60(6-2)71(65,66)24(57,58)20(47,48)16(39,40)12(31,32)10(27,28)14(35,36)18(43,44)22(52,53)54/h7-8H,5-6H2,1-4H3,(H,61,62)/p-1. The van der Waals surface area contributed by atoms with Gasteiger partial charge >= 0.3 is 93.9 Å². The van der Waals surface area contributed by atoms with Gasteiger partial charge < -0.3 is 4.89 Å². The summed E-state index contributed by atoms with van der Waals surface area (Å²) in [5.74, 6) is -110. The van der Waals surface area contributed by atoms with Crippen molar-refractivity contribution in [2.45, 2.75) is 134 Å². The Hall–Kier alpha value is -2.45. The maximum absolute atomic E-state index is 14.8. The smallest absolute Gasteiger partial charge is 0.460 e. The van der Waals surface area contributed by atoms with E-state index in [4.69, 9.17) is 0 Å². The van der Waals surface area contributed by atoms with Crippen molar-refractivity contribution in [2.24, 2.45) is 0 Å². The number of alkyl halides is 34. The van der Waals surface area contributed by atoms with E-state index in [1.807, 2.05) is 0 Å². The van der Waals surface area contributed by atoms with Gasteiger partial charge in [0.05, 0.1) is 0 Å². The number of halogens is 34. The van der Waals surface area contributed by atoms with Crippen molar-refractivity contribution in [3.05, 3.63) is 0 Å². The Labute approximate surface area is 368 Å². The Bertz CT molecular complexity index is 2050. The van der Waals surface area contributed by atoms with Crippen LogP contribution < -0.4 is 4.89 Å². The first-order chi connectivity index (χ1) is 30.2. The second-order valence-electron chi connectivity index (χ2n) is 13.2. The average Bonchev–Trinajstić information content (AvgIpc) is 3.12. The summed E-state index contributed by atoms with van der Waals surface area (Å²) in [6, 6.07) is 0. The number of sulfonamides is 2. The number of phosphoric ester groups is 1. The fraction of sp³-hybridized carbons (Fsp3) is 1.00. The Morgan fingerprint density at radius 3 is 0.676 bits per heavy atom.